The molecule has 0 aromatic carbocycles. The number of aliphatic imine (C=N–C) groups is 1. The highest BCUT2D eigenvalue weighted by Gasteiger charge is 2.20. The Morgan fingerprint density at radius 3 is 2.67 bits per heavy atom. The van der Waals surface area contributed by atoms with Gasteiger partial charge in [0.2, 0.25) is 0 Å². The average molecular weight is 164 g/mol. The van der Waals surface area contributed by atoms with Crippen LogP contribution in [0.4, 0.5) is 0 Å². The zero-order valence-corrected chi connectivity index (χ0v) is 7.64. The minimum atomic E-state index is 0.561. The van der Waals surface area contributed by atoms with Gasteiger partial charge in [-0.25, -0.2) is 0 Å². The van der Waals surface area contributed by atoms with Crippen LogP contribution in [0.25, 0.3) is 0 Å². The number of nitrogens with one attached hydrogen (secondary N) is 1. The molecule has 66 valence electrons. The standard InChI is InChI=1S/C10H16N2/c1-4-8(2)5-10(11-3)9-6-12-7-9/h5,9,12H,2-4,6-7H2,1H3. The minimum Gasteiger partial charge on any atom is -0.315 e. The third-order valence-electron chi connectivity index (χ3n) is 2.19. The van der Waals surface area contributed by atoms with E-state index < -0.39 is 0 Å². The molecule has 1 aliphatic rings. The number of rotatable bonds is 4. The van der Waals surface area contributed by atoms with Gasteiger partial charge in [-0.15, -0.1) is 0 Å². The molecule has 1 heterocycles. The Bertz CT molecular complexity index is 212. The lowest BCUT2D eigenvalue weighted by molar-refractivity contribution is 0.397. The summed E-state index contributed by atoms with van der Waals surface area (Å²) in [6.07, 6.45) is 3.04. The van der Waals surface area contributed by atoms with Gasteiger partial charge in [0.05, 0.1) is 0 Å². The van der Waals surface area contributed by atoms with Crippen LogP contribution in [0.1, 0.15) is 13.3 Å². The van der Waals surface area contributed by atoms with E-state index in [0.717, 1.165) is 30.8 Å². The Hall–Kier alpha value is -0.890. The maximum absolute atomic E-state index is 4.01. The van der Waals surface area contributed by atoms with Gasteiger partial charge in [-0.1, -0.05) is 19.1 Å². The van der Waals surface area contributed by atoms with Crippen LogP contribution in [0.5, 0.6) is 0 Å². The lowest BCUT2D eigenvalue weighted by atomic mass is 9.97. The summed E-state index contributed by atoms with van der Waals surface area (Å²) in [6, 6.07) is 0. The van der Waals surface area contributed by atoms with Gasteiger partial charge >= 0.3 is 0 Å². The fraction of sp³-hybridized carbons (Fsp3) is 0.500. The summed E-state index contributed by atoms with van der Waals surface area (Å²) in [5.74, 6) is 0.561. The molecule has 1 rings (SSSR count). The Balaban J connectivity index is 2.59. The monoisotopic (exact) mass is 164 g/mol. The molecule has 12 heavy (non-hydrogen) atoms. The molecule has 0 aromatic heterocycles. The van der Waals surface area contributed by atoms with Gasteiger partial charge in [0.15, 0.2) is 0 Å². The smallest absolute Gasteiger partial charge is 0.0455 e. The number of nitrogens with zero attached hydrogens (tertiary/aromatic N) is 1. The molecule has 0 spiro atoms. The molecule has 2 nitrogen and oxygen atoms in total. The average Bonchev–Trinajstić information content (AvgIpc) is 1.99. The van der Waals surface area contributed by atoms with Gasteiger partial charge in [-0.05, 0) is 19.2 Å². The van der Waals surface area contributed by atoms with E-state index in [2.05, 4.69) is 36.6 Å². The zero-order valence-electron chi connectivity index (χ0n) is 7.64. The van der Waals surface area contributed by atoms with E-state index in [1.807, 2.05) is 0 Å². The lowest BCUT2D eigenvalue weighted by Crippen LogP contribution is -2.42. The Morgan fingerprint density at radius 1 is 1.67 bits per heavy atom. The molecule has 0 amide bonds. The third kappa shape index (κ3) is 2.05. The zero-order chi connectivity index (χ0) is 8.97. The van der Waals surface area contributed by atoms with Crippen molar-refractivity contribution < 1.29 is 0 Å². The van der Waals surface area contributed by atoms with E-state index in [9.17, 15) is 0 Å². The molecule has 1 N–H and O–H groups in total. The second-order valence-electron chi connectivity index (χ2n) is 3.09. The molecule has 2 heteroatoms. The molecule has 1 fully saturated rings. The molecule has 0 atom stereocenters. The van der Waals surface area contributed by atoms with Crippen LogP contribution in [-0.2, 0) is 0 Å². The Kier molecular flexibility index (Phi) is 3.23. The quantitative estimate of drug-likeness (QED) is 0.497. The first-order chi connectivity index (χ1) is 5.77. The Morgan fingerprint density at radius 2 is 2.33 bits per heavy atom. The van der Waals surface area contributed by atoms with E-state index in [1.165, 1.54) is 0 Å². The molecule has 1 aliphatic heterocycles. The fourth-order valence-corrected chi connectivity index (χ4v) is 1.10. The van der Waals surface area contributed by atoms with Gasteiger partial charge in [0, 0.05) is 24.7 Å². The van der Waals surface area contributed by atoms with Crippen LogP contribution >= 0.6 is 0 Å². The summed E-state index contributed by atoms with van der Waals surface area (Å²) >= 11 is 0. The maximum Gasteiger partial charge on any atom is 0.0455 e. The van der Waals surface area contributed by atoms with E-state index in [1.54, 1.807) is 0 Å². The van der Waals surface area contributed by atoms with Gasteiger partial charge in [0.25, 0.3) is 0 Å². The first-order valence-electron chi connectivity index (χ1n) is 4.34. The molecule has 0 unspecified atom stereocenters. The summed E-state index contributed by atoms with van der Waals surface area (Å²) in [5.41, 5.74) is 2.21. The fourth-order valence-electron chi connectivity index (χ4n) is 1.10. The lowest BCUT2D eigenvalue weighted by Gasteiger charge is -2.27. The maximum atomic E-state index is 4.01. The summed E-state index contributed by atoms with van der Waals surface area (Å²) in [6.45, 7) is 11.6. The van der Waals surface area contributed by atoms with Crippen molar-refractivity contribution in [1.82, 2.24) is 5.32 Å². The number of hydrogen-bond acceptors (Lipinski definition) is 2. The second kappa shape index (κ2) is 4.21. The predicted molar refractivity (Wildman–Crippen MR) is 53.4 cm³/mol. The topological polar surface area (TPSA) is 24.4 Å². The molecule has 1 saturated heterocycles. The summed E-state index contributed by atoms with van der Waals surface area (Å²) in [4.78, 5) is 4.01. The largest absolute Gasteiger partial charge is 0.315 e. The number of allylic oxidation sites excluding steroid dienone is 2. The molecule has 0 bridgehead atoms. The highest BCUT2D eigenvalue weighted by molar-refractivity contribution is 5.33. The molecule has 0 saturated carbocycles. The normalized spacial score (nSPS) is 18.6. The molecular weight excluding hydrogens is 148 g/mol. The van der Waals surface area contributed by atoms with Crippen molar-refractivity contribution in [1.29, 1.82) is 0 Å². The first kappa shape index (κ1) is 9.20. The third-order valence-corrected chi connectivity index (χ3v) is 2.19. The van der Waals surface area contributed by atoms with Gasteiger partial charge in [-0.2, -0.15) is 0 Å². The van der Waals surface area contributed by atoms with Crippen LogP contribution in [0.3, 0.4) is 0 Å². The molecule has 0 aliphatic carbocycles. The molecular formula is C10H16N2. The van der Waals surface area contributed by atoms with E-state index in [-0.39, 0.29) is 0 Å². The van der Waals surface area contributed by atoms with Crippen LogP contribution in [0.2, 0.25) is 0 Å². The highest BCUT2D eigenvalue weighted by atomic mass is 15.0. The first-order valence-corrected chi connectivity index (χ1v) is 4.34. The Labute approximate surface area is 74.1 Å². The van der Waals surface area contributed by atoms with Crippen LogP contribution in [-0.4, -0.2) is 19.8 Å². The van der Waals surface area contributed by atoms with Crippen molar-refractivity contribution in [2.24, 2.45) is 10.9 Å². The van der Waals surface area contributed by atoms with Crippen molar-refractivity contribution in [2.45, 2.75) is 13.3 Å². The van der Waals surface area contributed by atoms with Crippen molar-refractivity contribution in [3.63, 3.8) is 0 Å². The summed E-state index contributed by atoms with van der Waals surface area (Å²) < 4.78 is 0. The summed E-state index contributed by atoms with van der Waals surface area (Å²) in [5, 5.41) is 3.21. The van der Waals surface area contributed by atoms with Gasteiger partial charge in [-0.3, -0.25) is 4.99 Å². The van der Waals surface area contributed by atoms with E-state index in [4.69, 9.17) is 0 Å². The SMILES string of the molecule is C=NC(=CC(=C)CC)C1CNC1. The van der Waals surface area contributed by atoms with Crippen molar-refractivity contribution in [3.05, 3.63) is 23.9 Å². The van der Waals surface area contributed by atoms with Crippen molar-refractivity contribution in [3.8, 4) is 0 Å². The van der Waals surface area contributed by atoms with Crippen LogP contribution in [0, 0.1) is 5.92 Å². The van der Waals surface area contributed by atoms with Crippen molar-refractivity contribution in [2.75, 3.05) is 13.1 Å². The van der Waals surface area contributed by atoms with E-state index >= 15 is 0 Å². The van der Waals surface area contributed by atoms with E-state index in [0.29, 0.717) is 5.92 Å². The second-order valence-corrected chi connectivity index (χ2v) is 3.09. The van der Waals surface area contributed by atoms with Gasteiger partial charge in [0.1, 0.15) is 0 Å². The molecule has 0 aromatic rings. The van der Waals surface area contributed by atoms with Gasteiger partial charge < -0.3 is 5.32 Å². The highest BCUT2D eigenvalue weighted by Crippen LogP contribution is 2.18. The predicted octanol–water partition coefficient (Wildman–Crippen LogP) is 1.76. The van der Waals surface area contributed by atoms with Crippen LogP contribution < -0.4 is 5.32 Å². The molecule has 0 radical (unpaired) electrons. The van der Waals surface area contributed by atoms with Crippen molar-refractivity contribution >= 4 is 6.72 Å². The summed E-state index contributed by atoms with van der Waals surface area (Å²) in [7, 11) is 0. The van der Waals surface area contributed by atoms with Crippen LogP contribution in [0.15, 0.2) is 28.9 Å². The minimum absolute atomic E-state index is 0.561. The number of hydrogen-bond donors (Lipinski definition) is 1.